The maximum Gasteiger partial charge on any atom is 0.251 e. The SMILES string of the molecule is Cc1n[nH]cc1-c1nnc(Cc2ccc(Cl)c(Oc3cc(Cl)cc(C#N)c3)c2F)o1. The molecule has 0 bridgehead atoms. The van der Waals surface area contributed by atoms with Crippen LogP contribution in [0.15, 0.2) is 40.9 Å². The maximum absolute atomic E-state index is 15.1. The van der Waals surface area contributed by atoms with Gasteiger partial charge in [-0.1, -0.05) is 29.3 Å². The van der Waals surface area contributed by atoms with Gasteiger partial charge in [-0.05, 0) is 31.2 Å². The van der Waals surface area contributed by atoms with E-state index in [0.717, 1.165) is 0 Å². The summed E-state index contributed by atoms with van der Waals surface area (Å²) in [6.07, 6.45) is 1.67. The summed E-state index contributed by atoms with van der Waals surface area (Å²) < 4.78 is 26.3. The average molecular weight is 444 g/mol. The van der Waals surface area contributed by atoms with Gasteiger partial charge in [0.25, 0.3) is 5.89 Å². The van der Waals surface area contributed by atoms with Gasteiger partial charge < -0.3 is 9.15 Å². The summed E-state index contributed by atoms with van der Waals surface area (Å²) in [5.74, 6) is -0.184. The fourth-order valence-electron chi connectivity index (χ4n) is 2.78. The largest absolute Gasteiger partial charge is 0.453 e. The third-order valence-electron chi connectivity index (χ3n) is 4.22. The molecule has 0 radical (unpaired) electrons. The molecule has 1 N–H and O–H groups in total. The third kappa shape index (κ3) is 3.99. The van der Waals surface area contributed by atoms with E-state index in [0.29, 0.717) is 11.3 Å². The van der Waals surface area contributed by atoms with Crippen molar-refractivity contribution >= 4 is 23.2 Å². The van der Waals surface area contributed by atoms with Crippen LogP contribution in [0.4, 0.5) is 4.39 Å². The standard InChI is InChI=1S/C20H12Cl2FN5O2/c1-10-15(9-25-26-10)20-28-27-17(30-20)6-12-2-3-16(22)19(18(12)23)29-14-5-11(8-24)4-13(21)7-14/h2-5,7,9H,6H2,1H3,(H,25,26). The van der Waals surface area contributed by atoms with Gasteiger partial charge in [0, 0.05) is 16.8 Å². The molecule has 0 saturated heterocycles. The van der Waals surface area contributed by atoms with Gasteiger partial charge in [0.15, 0.2) is 11.6 Å². The zero-order valence-electron chi connectivity index (χ0n) is 15.4. The summed E-state index contributed by atoms with van der Waals surface area (Å²) in [6.45, 7) is 1.80. The van der Waals surface area contributed by atoms with E-state index in [4.69, 9.17) is 37.6 Å². The quantitative estimate of drug-likeness (QED) is 0.438. The number of benzene rings is 2. The van der Waals surface area contributed by atoms with Gasteiger partial charge in [0.2, 0.25) is 5.89 Å². The van der Waals surface area contributed by atoms with Gasteiger partial charge in [-0.25, -0.2) is 4.39 Å². The van der Waals surface area contributed by atoms with E-state index in [1.807, 2.05) is 6.07 Å². The van der Waals surface area contributed by atoms with Crippen LogP contribution in [-0.2, 0) is 6.42 Å². The molecule has 2 aromatic carbocycles. The highest BCUT2D eigenvalue weighted by atomic mass is 35.5. The van der Waals surface area contributed by atoms with E-state index < -0.39 is 5.82 Å². The van der Waals surface area contributed by atoms with Crippen LogP contribution >= 0.6 is 23.2 Å². The Morgan fingerprint density at radius 2 is 2.07 bits per heavy atom. The number of H-pyrrole nitrogens is 1. The first-order chi connectivity index (χ1) is 14.4. The van der Waals surface area contributed by atoms with Crippen molar-refractivity contribution in [1.82, 2.24) is 20.4 Å². The highest BCUT2D eigenvalue weighted by Crippen LogP contribution is 2.36. The Bertz CT molecular complexity index is 1280. The van der Waals surface area contributed by atoms with Crippen molar-refractivity contribution in [2.75, 3.05) is 0 Å². The van der Waals surface area contributed by atoms with E-state index in [1.165, 1.54) is 30.3 Å². The molecular formula is C20H12Cl2FN5O2. The molecule has 0 saturated carbocycles. The average Bonchev–Trinajstić information content (AvgIpc) is 3.35. The van der Waals surface area contributed by atoms with E-state index in [1.54, 1.807) is 13.1 Å². The predicted octanol–water partition coefficient (Wildman–Crippen LogP) is 5.47. The lowest BCUT2D eigenvalue weighted by Crippen LogP contribution is -1.98. The second kappa shape index (κ2) is 8.14. The molecule has 0 aliphatic rings. The fraction of sp³-hybridized carbons (Fsp3) is 0.100. The summed E-state index contributed by atoms with van der Waals surface area (Å²) in [5, 5.41) is 24.1. The topological polar surface area (TPSA) is 101 Å². The van der Waals surface area contributed by atoms with Crippen LogP contribution in [0.3, 0.4) is 0 Å². The molecule has 30 heavy (non-hydrogen) atoms. The van der Waals surface area contributed by atoms with E-state index >= 15 is 4.39 Å². The summed E-state index contributed by atoms with van der Waals surface area (Å²) >= 11 is 12.1. The van der Waals surface area contributed by atoms with Crippen LogP contribution in [0.1, 0.15) is 22.7 Å². The van der Waals surface area contributed by atoms with Crippen molar-refractivity contribution in [1.29, 1.82) is 5.26 Å². The molecular weight excluding hydrogens is 432 g/mol. The summed E-state index contributed by atoms with van der Waals surface area (Å²) in [5.41, 5.74) is 1.90. The van der Waals surface area contributed by atoms with Crippen LogP contribution < -0.4 is 4.74 Å². The molecule has 4 rings (SSSR count). The normalized spacial score (nSPS) is 10.8. The number of hydrogen-bond acceptors (Lipinski definition) is 6. The van der Waals surface area contributed by atoms with Crippen LogP contribution in [0, 0.1) is 24.1 Å². The molecule has 0 atom stereocenters. The number of hydrogen-bond donors (Lipinski definition) is 1. The Hall–Kier alpha value is -3.41. The molecule has 2 heterocycles. The summed E-state index contributed by atoms with van der Waals surface area (Å²) in [4.78, 5) is 0. The van der Waals surface area contributed by atoms with Crippen LogP contribution in [0.2, 0.25) is 10.0 Å². The lowest BCUT2D eigenvalue weighted by atomic mass is 10.1. The second-order valence-corrected chi connectivity index (χ2v) is 7.14. The number of ether oxygens (including phenoxy) is 1. The predicted molar refractivity (Wildman–Crippen MR) is 107 cm³/mol. The molecule has 0 fully saturated rings. The molecule has 0 aliphatic heterocycles. The summed E-state index contributed by atoms with van der Waals surface area (Å²) in [6, 6.07) is 9.34. The van der Waals surface area contributed by atoms with E-state index in [-0.39, 0.29) is 50.9 Å². The lowest BCUT2D eigenvalue weighted by molar-refractivity contribution is 0.437. The van der Waals surface area contributed by atoms with Gasteiger partial charge in [-0.2, -0.15) is 10.4 Å². The number of nitrogens with zero attached hydrogens (tertiary/aromatic N) is 4. The first kappa shape index (κ1) is 19.9. The Morgan fingerprint density at radius 1 is 1.23 bits per heavy atom. The molecule has 0 spiro atoms. The van der Waals surface area contributed by atoms with Crippen molar-refractivity contribution in [3.05, 3.63) is 75.1 Å². The highest BCUT2D eigenvalue weighted by Gasteiger charge is 2.19. The Labute approximate surface area is 180 Å². The van der Waals surface area contributed by atoms with Crippen molar-refractivity contribution < 1.29 is 13.5 Å². The second-order valence-electron chi connectivity index (χ2n) is 6.30. The van der Waals surface area contributed by atoms with Crippen molar-refractivity contribution in [2.45, 2.75) is 13.3 Å². The number of nitrogens with one attached hydrogen (secondary N) is 1. The Balaban J connectivity index is 1.62. The number of aromatic amines is 1. The van der Waals surface area contributed by atoms with Crippen molar-refractivity contribution in [3.8, 4) is 29.0 Å². The lowest BCUT2D eigenvalue weighted by Gasteiger charge is -2.11. The Morgan fingerprint density at radius 3 is 2.80 bits per heavy atom. The number of rotatable bonds is 5. The van der Waals surface area contributed by atoms with Gasteiger partial charge >= 0.3 is 0 Å². The highest BCUT2D eigenvalue weighted by molar-refractivity contribution is 6.32. The van der Waals surface area contributed by atoms with E-state index in [9.17, 15) is 0 Å². The monoisotopic (exact) mass is 443 g/mol. The zero-order chi connectivity index (χ0) is 21.3. The number of aryl methyl sites for hydroxylation is 1. The number of aromatic nitrogens is 4. The first-order valence-electron chi connectivity index (χ1n) is 8.63. The minimum absolute atomic E-state index is 0.0300. The molecule has 0 unspecified atom stereocenters. The minimum Gasteiger partial charge on any atom is -0.453 e. The van der Waals surface area contributed by atoms with Gasteiger partial charge in [0.1, 0.15) is 5.75 Å². The smallest absolute Gasteiger partial charge is 0.251 e. The van der Waals surface area contributed by atoms with Crippen LogP contribution in [-0.4, -0.2) is 20.4 Å². The maximum atomic E-state index is 15.1. The third-order valence-corrected chi connectivity index (χ3v) is 4.74. The molecule has 2 aromatic heterocycles. The van der Waals surface area contributed by atoms with Gasteiger partial charge in [0.05, 0.1) is 34.3 Å². The van der Waals surface area contributed by atoms with Crippen molar-refractivity contribution in [3.63, 3.8) is 0 Å². The van der Waals surface area contributed by atoms with Gasteiger partial charge in [-0.3, -0.25) is 5.10 Å². The number of halogens is 3. The first-order valence-corrected chi connectivity index (χ1v) is 9.38. The van der Waals surface area contributed by atoms with Crippen molar-refractivity contribution in [2.24, 2.45) is 0 Å². The summed E-state index contributed by atoms with van der Waals surface area (Å²) in [7, 11) is 0. The molecule has 0 aliphatic carbocycles. The molecule has 7 nitrogen and oxygen atoms in total. The van der Waals surface area contributed by atoms with Crippen LogP contribution in [0.25, 0.3) is 11.5 Å². The van der Waals surface area contributed by atoms with Crippen LogP contribution in [0.5, 0.6) is 11.5 Å². The van der Waals surface area contributed by atoms with Gasteiger partial charge in [-0.15, -0.1) is 10.2 Å². The molecule has 10 heteroatoms. The molecule has 4 aromatic rings. The fourth-order valence-corrected chi connectivity index (χ4v) is 3.19. The zero-order valence-corrected chi connectivity index (χ0v) is 16.9. The van der Waals surface area contributed by atoms with E-state index in [2.05, 4.69) is 20.4 Å². The Kier molecular flexibility index (Phi) is 5.40. The number of nitriles is 1. The molecule has 150 valence electrons. The molecule has 0 amide bonds. The minimum atomic E-state index is -0.680.